The van der Waals surface area contributed by atoms with Crippen LogP contribution in [0.15, 0.2) is 21.3 Å². The number of nitrogens with zero attached hydrogens (tertiary/aromatic N) is 1. The molecule has 0 radical (unpaired) electrons. The molecule has 20 heavy (non-hydrogen) atoms. The molecule has 6 heteroatoms. The summed E-state index contributed by atoms with van der Waals surface area (Å²) in [5.41, 5.74) is 2.43. The standard InChI is InChI=1S/C14H17N3O3/c1-7-5-11(18)6-12(20-7)14(19)15-8(2)13-9(3)16-17-10(13)4/h5-6,8H,1-4H3,(H,15,19)(H,16,17). The molecule has 0 fully saturated rings. The van der Waals surface area contributed by atoms with Gasteiger partial charge in [-0.05, 0) is 27.7 Å². The predicted octanol–water partition coefficient (Wildman–Crippen LogP) is 1.78. The topological polar surface area (TPSA) is 88.0 Å². The van der Waals surface area contributed by atoms with Gasteiger partial charge in [-0.3, -0.25) is 14.7 Å². The van der Waals surface area contributed by atoms with Crippen molar-refractivity contribution in [3.8, 4) is 0 Å². The first kappa shape index (κ1) is 14.0. The van der Waals surface area contributed by atoms with Crippen LogP contribution in [0.3, 0.4) is 0 Å². The fraction of sp³-hybridized carbons (Fsp3) is 0.357. The van der Waals surface area contributed by atoms with Gasteiger partial charge in [0.2, 0.25) is 0 Å². The lowest BCUT2D eigenvalue weighted by molar-refractivity contribution is 0.0907. The SMILES string of the molecule is Cc1cc(=O)cc(C(=O)NC(C)c2c(C)n[nH]c2C)o1. The zero-order valence-electron chi connectivity index (χ0n) is 11.9. The summed E-state index contributed by atoms with van der Waals surface area (Å²) < 4.78 is 5.26. The van der Waals surface area contributed by atoms with Gasteiger partial charge in [-0.25, -0.2) is 0 Å². The van der Waals surface area contributed by atoms with Gasteiger partial charge in [-0.1, -0.05) is 0 Å². The van der Waals surface area contributed by atoms with E-state index >= 15 is 0 Å². The normalized spacial score (nSPS) is 12.2. The van der Waals surface area contributed by atoms with Gasteiger partial charge in [0.05, 0.1) is 11.7 Å². The second kappa shape index (κ2) is 5.32. The first-order valence-corrected chi connectivity index (χ1v) is 6.32. The first-order chi connectivity index (χ1) is 9.38. The van der Waals surface area contributed by atoms with E-state index in [1.165, 1.54) is 12.1 Å². The number of rotatable bonds is 3. The molecule has 2 rings (SSSR count). The molecular weight excluding hydrogens is 258 g/mol. The van der Waals surface area contributed by atoms with Crippen molar-refractivity contribution < 1.29 is 9.21 Å². The van der Waals surface area contributed by atoms with Crippen molar-refractivity contribution in [1.29, 1.82) is 0 Å². The molecule has 1 amide bonds. The molecule has 0 bridgehead atoms. The van der Waals surface area contributed by atoms with Gasteiger partial charge < -0.3 is 9.73 Å². The van der Waals surface area contributed by atoms with Gasteiger partial charge in [0.15, 0.2) is 11.2 Å². The number of aromatic nitrogens is 2. The Morgan fingerprint density at radius 2 is 2.05 bits per heavy atom. The first-order valence-electron chi connectivity index (χ1n) is 6.32. The number of aryl methyl sites for hydroxylation is 3. The Labute approximate surface area is 116 Å². The lowest BCUT2D eigenvalue weighted by atomic mass is 10.1. The van der Waals surface area contributed by atoms with E-state index in [0.29, 0.717) is 5.76 Å². The van der Waals surface area contributed by atoms with Crippen LogP contribution in [0.4, 0.5) is 0 Å². The third-order valence-corrected chi connectivity index (χ3v) is 3.08. The summed E-state index contributed by atoms with van der Waals surface area (Å²) in [4.78, 5) is 23.5. The number of H-pyrrole nitrogens is 1. The van der Waals surface area contributed by atoms with Gasteiger partial charge in [0, 0.05) is 23.4 Å². The van der Waals surface area contributed by atoms with E-state index in [-0.39, 0.29) is 17.2 Å². The van der Waals surface area contributed by atoms with Crippen molar-refractivity contribution in [2.24, 2.45) is 0 Å². The minimum Gasteiger partial charge on any atom is -0.456 e. The average molecular weight is 275 g/mol. The fourth-order valence-electron chi connectivity index (χ4n) is 2.25. The molecule has 2 aromatic rings. The number of carbonyl (C=O) groups is 1. The Bertz CT molecular complexity index is 680. The Kier molecular flexibility index (Phi) is 3.74. The van der Waals surface area contributed by atoms with E-state index in [1.807, 2.05) is 20.8 Å². The van der Waals surface area contributed by atoms with Crippen LogP contribution in [0.5, 0.6) is 0 Å². The largest absolute Gasteiger partial charge is 0.456 e. The second-order valence-electron chi connectivity index (χ2n) is 4.81. The number of amides is 1. The van der Waals surface area contributed by atoms with Crippen molar-refractivity contribution >= 4 is 5.91 Å². The van der Waals surface area contributed by atoms with E-state index in [0.717, 1.165) is 17.0 Å². The molecule has 0 aliphatic rings. The molecule has 1 atom stereocenters. The minimum absolute atomic E-state index is 0.0145. The number of carbonyl (C=O) groups excluding carboxylic acids is 1. The van der Waals surface area contributed by atoms with E-state index < -0.39 is 5.91 Å². The summed E-state index contributed by atoms with van der Waals surface area (Å²) in [7, 11) is 0. The zero-order chi connectivity index (χ0) is 14.9. The van der Waals surface area contributed by atoms with Gasteiger partial charge >= 0.3 is 0 Å². The van der Waals surface area contributed by atoms with E-state index in [9.17, 15) is 9.59 Å². The molecule has 2 heterocycles. The molecule has 0 aromatic carbocycles. The highest BCUT2D eigenvalue weighted by Crippen LogP contribution is 2.19. The van der Waals surface area contributed by atoms with Gasteiger partial charge in [-0.2, -0.15) is 5.10 Å². The summed E-state index contributed by atoms with van der Waals surface area (Å²) in [6.45, 7) is 7.25. The van der Waals surface area contributed by atoms with E-state index in [2.05, 4.69) is 15.5 Å². The van der Waals surface area contributed by atoms with Crippen LogP contribution in [0, 0.1) is 20.8 Å². The van der Waals surface area contributed by atoms with Crippen LogP contribution < -0.4 is 10.7 Å². The van der Waals surface area contributed by atoms with E-state index in [4.69, 9.17) is 4.42 Å². The number of nitrogens with one attached hydrogen (secondary N) is 2. The number of aromatic amines is 1. The highest BCUT2D eigenvalue weighted by molar-refractivity contribution is 5.91. The number of hydrogen-bond donors (Lipinski definition) is 2. The van der Waals surface area contributed by atoms with Gasteiger partial charge in [-0.15, -0.1) is 0 Å². The smallest absolute Gasteiger partial charge is 0.287 e. The van der Waals surface area contributed by atoms with Crippen LogP contribution in [0.1, 0.15) is 46.2 Å². The Balaban J connectivity index is 2.21. The molecule has 0 aliphatic carbocycles. The summed E-state index contributed by atoms with van der Waals surface area (Å²) >= 11 is 0. The van der Waals surface area contributed by atoms with Crippen LogP contribution >= 0.6 is 0 Å². The lowest BCUT2D eigenvalue weighted by Crippen LogP contribution is -2.28. The van der Waals surface area contributed by atoms with Crippen molar-refractivity contribution in [3.63, 3.8) is 0 Å². The minimum atomic E-state index is -0.418. The van der Waals surface area contributed by atoms with Crippen molar-refractivity contribution in [2.75, 3.05) is 0 Å². The molecule has 2 N–H and O–H groups in total. The summed E-state index contributed by atoms with van der Waals surface area (Å²) in [5, 5.41) is 9.77. The summed E-state index contributed by atoms with van der Waals surface area (Å²) in [5.74, 6) is 0.00456. The van der Waals surface area contributed by atoms with Crippen LogP contribution in [-0.2, 0) is 0 Å². The molecule has 0 saturated carbocycles. The second-order valence-corrected chi connectivity index (χ2v) is 4.81. The Morgan fingerprint density at radius 1 is 1.35 bits per heavy atom. The summed E-state index contributed by atoms with van der Waals surface area (Å²) in [6, 6.07) is 2.29. The summed E-state index contributed by atoms with van der Waals surface area (Å²) in [6.07, 6.45) is 0. The van der Waals surface area contributed by atoms with Crippen molar-refractivity contribution in [1.82, 2.24) is 15.5 Å². The average Bonchev–Trinajstić information content (AvgIpc) is 2.67. The van der Waals surface area contributed by atoms with Crippen molar-refractivity contribution in [3.05, 3.63) is 50.8 Å². The van der Waals surface area contributed by atoms with Gasteiger partial charge in [0.25, 0.3) is 5.91 Å². The van der Waals surface area contributed by atoms with Crippen LogP contribution in [0.25, 0.3) is 0 Å². The quantitative estimate of drug-likeness (QED) is 0.893. The molecular formula is C14H17N3O3. The maximum absolute atomic E-state index is 12.1. The zero-order valence-corrected chi connectivity index (χ0v) is 11.9. The molecule has 1 unspecified atom stereocenters. The molecule has 0 saturated heterocycles. The molecule has 2 aromatic heterocycles. The highest BCUT2D eigenvalue weighted by Gasteiger charge is 2.18. The maximum atomic E-state index is 12.1. The molecule has 0 aliphatic heterocycles. The van der Waals surface area contributed by atoms with Gasteiger partial charge in [0.1, 0.15) is 5.76 Å². The molecule has 6 nitrogen and oxygen atoms in total. The van der Waals surface area contributed by atoms with Crippen LogP contribution in [-0.4, -0.2) is 16.1 Å². The maximum Gasteiger partial charge on any atom is 0.287 e. The Hall–Kier alpha value is -2.37. The lowest BCUT2D eigenvalue weighted by Gasteiger charge is -2.14. The predicted molar refractivity (Wildman–Crippen MR) is 73.7 cm³/mol. The molecule has 0 spiro atoms. The highest BCUT2D eigenvalue weighted by atomic mass is 16.3. The third-order valence-electron chi connectivity index (χ3n) is 3.08. The van der Waals surface area contributed by atoms with Crippen LogP contribution in [0.2, 0.25) is 0 Å². The van der Waals surface area contributed by atoms with E-state index in [1.54, 1.807) is 6.92 Å². The molecule has 106 valence electrons. The fourth-order valence-corrected chi connectivity index (χ4v) is 2.25. The van der Waals surface area contributed by atoms with Crippen molar-refractivity contribution in [2.45, 2.75) is 33.7 Å². The number of hydrogen-bond acceptors (Lipinski definition) is 4. The third kappa shape index (κ3) is 2.79. The monoisotopic (exact) mass is 275 g/mol. The Morgan fingerprint density at radius 3 is 2.60 bits per heavy atom.